The average Bonchev–Trinajstić information content (AvgIpc) is 2.71. The van der Waals surface area contributed by atoms with Crippen molar-refractivity contribution in [2.45, 2.75) is 6.92 Å². The summed E-state index contributed by atoms with van der Waals surface area (Å²) in [6.07, 6.45) is 0. The molecule has 1 aromatic carbocycles. The Morgan fingerprint density at radius 3 is 2.81 bits per heavy atom. The van der Waals surface area contributed by atoms with E-state index in [0.717, 1.165) is 18.7 Å². The van der Waals surface area contributed by atoms with Crippen LogP contribution in [0.15, 0.2) is 18.2 Å². The molecule has 0 bridgehead atoms. The van der Waals surface area contributed by atoms with Crippen LogP contribution in [0, 0.1) is 11.6 Å². The molecule has 1 N–H and O–H groups in total. The van der Waals surface area contributed by atoms with Gasteiger partial charge in [0.05, 0.1) is 0 Å². The van der Waals surface area contributed by atoms with Gasteiger partial charge < -0.3 is 5.32 Å². The maximum absolute atomic E-state index is 13.0. The van der Waals surface area contributed by atoms with Gasteiger partial charge in [0.15, 0.2) is 17.5 Å². The van der Waals surface area contributed by atoms with Gasteiger partial charge in [0, 0.05) is 23.6 Å². The molecule has 2 aromatic rings. The van der Waals surface area contributed by atoms with Crippen molar-refractivity contribution in [3.05, 3.63) is 29.8 Å². The number of aromatic nitrogens is 2. The normalized spacial score (nSPS) is 10.4. The van der Waals surface area contributed by atoms with Gasteiger partial charge in [-0.05, 0) is 25.1 Å². The lowest BCUT2D eigenvalue weighted by molar-refractivity contribution is 0.509. The highest BCUT2D eigenvalue weighted by atomic mass is 32.1. The first kappa shape index (κ1) is 10.9. The molecule has 0 spiro atoms. The monoisotopic (exact) mass is 241 g/mol. The first-order chi connectivity index (χ1) is 7.70. The lowest BCUT2D eigenvalue weighted by Crippen LogP contribution is -1.95. The summed E-state index contributed by atoms with van der Waals surface area (Å²) in [4.78, 5) is 4.15. The maximum Gasteiger partial charge on any atom is 0.202 e. The number of hydrogen-bond donors (Lipinski definition) is 1. The summed E-state index contributed by atoms with van der Waals surface area (Å²) in [7, 11) is 0. The van der Waals surface area contributed by atoms with Crippen LogP contribution in [0.25, 0.3) is 11.4 Å². The average molecular weight is 241 g/mol. The highest BCUT2D eigenvalue weighted by molar-refractivity contribution is 7.09. The number of anilines is 1. The van der Waals surface area contributed by atoms with Crippen LogP contribution in [0.2, 0.25) is 0 Å². The third kappa shape index (κ3) is 2.16. The first-order valence-electron chi connectivity index (χ1n) is 4.73. The molecular weight excluding hydrogens is 232 g/mol. The zero-order valence-electron chi connectivity index (χ0n) is 8.50. The van der Waals surface area contributed by atoms with E-state index in [0.29, 0.717) is 16.5 Å². The van der Waals surface area contributed by atoms with E-state index in [1.54, 1.807) is 0 Å². The Kier molecular flexibility index (Phi) is 3.09. The second-order valence-electron chi connectivity index (χ2n) is 3.08. The fourth-order valence-electron chi connectivity index (χ4n) is 1.20. The topological polar surface area (TPSA) is 37.8 Å². The summed E-state index contributed by atoms with van der Waals surface area (Å²) >= 11 is 1.19. The third-order valence-corrected chi connectivity index (χ3v) is 2.60. The molecule has 84 valence electrons. The van der Waals surface area contributed by atoms with Crippen LogP contribution < -0.4 is 5.32 Å². The zero-order valence-corrected chi connectivity index (χ0v) is 9.31. The maximum atomic E-state index is 13.0. The predicted octanol–water partition coefficient (Wildman–Crippen LogP) is 2.92. The first-order valence-corrected chi connectivity index (χ1v) is 5.51. The van der Waals surface area contributed by atoms with Crippen molar-refractivity contribution in [3.63, 3.8) is 0 Å². The molecule has 16 heavy (non-hydrogen) atoms. The van der Waals surface area contributed by atoms with Gasteiger partial charge in [-0.2, -0.15) is 9.36 Å². The Labute approximate surface area is 95.3 Å². The summed E-state index contributed by atoms with van der Waals surface area (Å²) < 4.78 is 29.7. The van der Waals surface area contributed by atoms with Crippen LogP contribution in [-0.2, 0) is 0 Å². The SMILES string of the molecule is CCNc1nc(-c2ccc(F)c(F)c2)ns1. The number of nitrogens with one attached hydrogen (secondary N) is 1. The largest absolute Gasteiger partial charge is 0.361 e. The van der Waals surface area contributed by atoms with Crippen LogP contribution in [0.3, 0.4) is 0 Å². The van der Waals surface area contributed by atoms with Crippen molar-refractivity contribution in [1.82, 2.24) is 9.36 Å². The number of hydrogen-bond acceptors (Lipinski definition) is 4. The van der Waals surface area contributed by atoms with E-state index in [1.165, 1.54) is 17.6 Å². The van der Waals surface area contributed by atoms with Crippen molar-refractivity contribution in [2.24, 2.45) is 0 Å². The molecule has 3 nitrogen and oxygen atoms in total. The summed E-state index contributed by atoms with van der Waals surface area (Å²) in [5.74, 6) is -1.36. The van der Waals surface area contributed by atoms with E-state index in [2.05, 4.69) is 14.7 Å². The Bertz CT molecular complexity index is 499. The molecule has 0 aliphatic carbocycles. The molecule has 0 aliphatic heterocycles. The lowest BCUT2D eigenvalue weighted by atomic mass is 10.2. The quantitative estimate of drug-likeness (QED) is 0.897. The molecule has 1 heterocycles. The fraction of sp³-hybridized carbons (Fsp3) is 0.200. The second-order valence-corrected chi connectivity index (χ2v) is 3.83. The van der Waals surface area contributed by atoms with Gasteiger partial charge >= 0.3 is 0 Å². The molecule has 0 amide bonds. The van der Waals surface area contributed by atoms with Crippen LogP contribution >= 0.6 is 11.5 Å². The molecule has 6 heteroatoms. The number of nitrogens with zero attached hydrogens (tertiary/aromatic N) is 2. The van der Waals surface area contributed by atoms with Crippen molar-refractivity contribution in [1.29, 1.82) is 0 Å². The molecule has 0 aliphatic rings. The van der Waals surface area contributed by atoms with Crippen LogP contribution in [-0.4, -0.2) is 15.9 Å². The number of rotatable bonds is 3. The smallest absolute Gasteiger partial charge is 0.202 e. The van der Waals surface area contributed by atoms with Crippen molar-refractivity contribution in [3.8, 4) is 11.4 Å². The molecular formula is C10H9F2N3S. The molecule has 0 saturated carbocycles. The van der Waals surface area contributed by atoms with Gasteiger partial charge in [0.2, 0.25) is 5.13 Å². The van der Waals surface area contributed by atoms with Gasteiger partial charge in [-0.1, -0.05) is 0 Å². The van der Waals surface area contributed by atoms with E-state index < -0.39 is 11.6 Å². The Hall–Kier alpha value is -1.56. The Balaban J connectivity index is 2.31. The number of halogens is 2. The molecule has 1 aromatic heterocycles. The fourth-order valence-corrected chi connectivity index (χ4v) is 1.85. The Morgan fingerprint density at radius 1 is 1.31 bits per heavy atom. The summed E-state index contributed by atoms with van der Waals surface area (Å²) in [5, 5.41) is 3.67. The minimum absolute atomic E-state index is 0.403. The highest BCUT2D eigenvalue weighted by Gasteiger charge is 2.09. The molecule has 0 saturated heterocycles. The van der Waals surface area contributed by atoms with Crippen molar-refractivity contribution < 1.29 is 8.78 Å². The van der Waals surface area contributed by atoms with Crippen molar-refractivity contribution in [2.75, 3.05) is 11.9 Å². The van der Waals surface area contributed by atoms with E-state index in [1.807, 2.05) is 6.92 Å². The minimum atomic E-state index is -0.891. The van der Waals surface area contributed by atoms with Gasteiger partial charge in [0.25, 0.3) is 0 Å². The second kappa shape index (κ2) is 4.52. The van der Waals surface area contributed by atoms with E-state index in [4.69, 9.17) is 0 Å². The summed E-state index contributed by atoms with van der Waals surface area (Å²) in [5.41, 5.74) is 0.472. The van der Waals surface area contributed by atoms with Gasteiger partial charge in [-0.15, -0.1) is 0 Å². The summed E-state index contributed by atoms with van der Waals surface area (Å²) in [6, 6.07) is 3.61. The predicted molar refractivity (Wildman–Crippen MR) is 59.4 cm³/mol. The van der Waals surface area contributed by atoms with Gasteiger partial charge in [-0.3, -0.25) is 0 Å². The van der Waals surface area contributed by atoms with E-state index >= 15 is 0 Å². The zero-order chi connectivity index (χ0) is 11.5. The standard InChI is InChI=1S/C10H9F2N3S/c1-2-13-10-14-9(15-16-10)6-3-4-7(11)8(12)5-6/h3-5H,2H2,1H3,(H,13,14,15). The lowest BCUT2D eigenvalue weighted by Gasteiger charge is -1.96. The van der Waals surface area contributed by atoms with E-state index in [9.17, 15) is 8.78 Å². The van der Waals surface area contributed by atoms with Crippen molar-refractivity contribution >= 4 is 16.7 Å². The Morgan fingerprint density at radius 2 is 2.12 bits per heavy atom. The molecule has 0 fully saturated rings. The summed E-state index contributed by atoms with van der Waals surface area (Å²) in [6.45, 7) is 2.69. The molecule has 0 radical (unpaired) electrons. The van der Waals surface area contributed by atoms with Gasteiger partial charge in [-0.25, -0.2) is 8.78 Å². The molecule has 0 atom stereocenters. The number of benzene rings is 1. The minimum Gasteiger partial charge on any atom is -0.361 e. The van der Waals surface area contributed by atoms with Crippen LogP contribution in [0.1, 0.15) is 6.92 Å². The van der Waals surface area contributed by atoms with Crippen LogP contribution in [0.5, 0.6) is 0 Å². The van der Waals surface area contributed by atoms with Crippen LogP contribution in [0.4, 0.5) is 13.9 Å². The molecule has 0 unspecified atom stereocenters. The highest BCUT2D eigenvalue weighted by Crippen LogP contribution is 2.22. The third-order valence-electron chi connectivity index (χ3n) is 1.93. The van der Waals surface area contributed by atoms with Gasteiger partial charge in [0.1, 0.15) is 0 Å². The van der Waals surface area contributed by atoms with E-state index in [-0.39, 0.29) is 0 Å². The molecule has 2 rings (SSSR count).